The Hall–Kier alpha value is -3.35. The zero-order chi connectivity index (χ0) is 16.5. The van der Waals surface area contributed by atoms with Crippen molar-refractivity contribution in [2.75, 3.05) is 5.32 Å². The highest BCUT2D eigenvalue weighted by Crippen LogP contribution is 2.21. The van der Waals surface area contributed by atoms with Gasteiger partial charge in [-0.25, -0.2) is 14.6 Å². The first-order valence-electron chi connectivity index (χ1n) is 7.50. The molecular formula is C17H15N7. The van der Waals surface area contributed by atoms with Gasteiger partial charge in [0.05, 0.1) is 5.52 Å². The van der Waals surface area contributed by atoms with Crippen molar-refractivity contribution in [3.8, 4) is 11.4 Å². The van der Waals surface area contributed by atoms with Gasteiger partial charge in [0.2, 0.25) is 0 Å². The second-order valence-electron chi connectivity index (χ2n) is 5.56. The standard InChI is InChI=1S/C17H15N7/c1-11-7-12(10-18-9-11)17-19-6-5-16(21-17)20-13-3-4-15-14(8-13)22-23-24(15)2/h3-10H,1-2H3,(H,19,20,21). The van der Waals surface area contributed by atoms with E-state index in [2.05, 4.69) is 30.6 Å². The van der Waals surface area contributed by atoms with Crippen LogP contribution in [0.2, 0.25) is 0 Å². The molecule has 118 valence electrons. The van der Waals surface area contributed by atoms with Gasteiger partial charge in [-0.05, 0) is 42.8 Å². The molecule has 24 heavy (non-hydrogen) atoms. The summed E-state index contributed by atoms with van der Waals surface area (Å²) in [5, 5.41) is 11.4. The maximum absolute atomic E-state index is 4.56. The maximum atomic E-state index is 4.56. The predicted octanol–water partition coefficient (Wildman–Crippen LogP) is 2.87. The minimum Gasteiger partial charge on any atom is -0.340 e. The molecule has 4 rings (SSSR count). The van der Waals surface area contributed by atoms with E-state index in [0.29, 0.717) is 11.6 Å². The lowest BCUT2D eigenvalue weighted by Gasteiger charge is -2.07. The average molecular weight is 317 g/mol. The molecule has 0 aliphatic rings. The molecule has 0 spiro atoms. The van der Waals surface area contributed by atoms with E-state index >= 15 is 0 Å². The molecule has 7 heteroatoms. The molecule has 0 saturated carbocycles. The van der Waals surface area contributed by atoms with Crippen molar-refractivity contribution in [3.63, 3.8) is 0 Å². The maximum Gasteiger partial charge on any atom is 0.163 e. The van der Waals surface area contributed by atoms with Gasteiger partial charge in [0.15, 0.2) is 5.82 Å². The van der Waals surface area contributed by atoms with Crippen LogP contribution in [0.15, 0.2) is 48.9 Å². The fourth-order valence-corrected chi connectivity index (χ4v) is 2.51. The zero-order valence-corrected chi connectivity index (χ0v) is 13.3. The highest BCUT2D eigenvalue weighted by molar-refractivity contribution is 5.79. The van der Waals surface area contributed by atoms with Crippen molar-refractivity contribution >= 4 is 22.5 Å². The predicted molar refractivity (Wildman–Crippen MR) is 91.8 cm³/mol. The SMILES string of the molecule is Cc1cncc(-c2nccc(Nc3ccc4c(c3)nnn4C)n2)c1. The van der Waals surface area contributed by atoms with Gasteiger partial charge in [0.25, 0.3) is 0 Å². The van der Waals surface area contributed by atoms with E-state index in [-0.39, 0.29) is 0 Å². The third-order valence-corrected chi connectivity index (χ3v) is 3.67. The number of hydrogen-bond donors (Lipinski definition) is 1. The van der Waals surface area contributed by atoms with E-state index in [1.807, 2.05) is 50.5 Å². The fraction of sp³-hybridized carbons (Fsp3) is 0.118. The van der Waals surface area contributed by atoms with E-state index in [9.17, 15) is 0 Å². The first-order valence-corrected chi connectivity index (χ1v) is 7.50. The normalized spacial score (nSPS) is 10.9. The van der Waals surface area contributed by atoms with Gasteiger partial charge >= 0.3 is 0 Å². The third-order valence-electron chi connectivity index (χ3n) is 3.67. The van der Waals surface area contributed by atoms with E-state index < -0.39 is 0 Å². The molecule has 3 aromatic heterocycles. The molecular weight excluding hydrogens is 302 g/mol. The van der Waals surface area contributed by atoms with E-state index in [0.717, 1.165) is 27.8 Å². The number of aryl methyl sites for hydroxylation is 2. The summed E-state index contributed by atoms with van der Waals surface area (Å²) in [6.45, 7) is 1.99. The Kier molecular flexibility index (Phi) is 3.38. The quantitative estimate of drug-likeness (QED) is 0.626. The summed E-state index contributed by atoms with van der Waals surface area (Å²) in [7, 11) is 1.87. The van der Waals surface area contributed by atoms with Crippen molar-refractivity contribution in [1.82, 2.24) is 29.9 Å². The van der Waals surface area contributed by atoms with E-state index in [1.54, 1.807) is 17.1 Å². The molecule has 0 amide bonds. The van der Waals surface area contributed by atoms with Gasteiger partial charge in [-0.15, -0.1) is 5.10 Å². The average Bonchev–Trinajstić information content (AvgIpc) is 2.96. The number of nitrogens with one attached hydrogen (secondary N) is 1. The Labute approximate surface area is 138 Å². The summed E-state index contributed by atoms with van der Waals surface area (Å²) in [6.07, 6.45) is 5.30. The molecule has 0 radical (unpaired) electrons. The summed E-state index contributed by atoms with van der Waals surface area (Å²) >= 11 is 0. The first kappa shape index (κ1) is 14.3. The van der Waals surface area contributed by atoms with Crippen molar-refractivity contribution in [2.24, 2.45) is 7.05 Å². The molecule has 0 aliphatic heterocycles. The highest BCUT2D eigenvalue weighted by Gasteiger charge is 2.06. The third kappa shape index (κ3) is 2.67. The Morgan fingerprint density at radius 3 is 2.88 bits per heavy atom. The summed E-state index contributed by atoms with van der Waals surface area (Å²) in [6, 6.07) is 9.73. The topological polar surface area (TPSA) is 81.4 Å². The Morgan fingerprint density at radius 1 is 1.08 bits per heavy atom. The van der Waals surface area contributed by atoms with Crippen molar-refractivity contribution in [1.29, 1.82) is 0 Å². The second kappa shape index (κ2) is 5.69. The lowest BCUT2D eigenvalue weighted by Crippen LogP contribution is -1.97. The van der Waals surface area contributed by atoms with Gasteiger partial charge in [-0.1, -0.05) is 5.21 Å². The number of anilines is 2. The number of fused-ring (bicyclic) bond motifs is 1. The molecule has 0 fully saturated rings. The van der Waals surface area contributed by atoms with E-state index in [1.165, 1.54) is 0 Å². The van der Waals surface area contributed by atoms with Crippen LogP contribution in [0.3, 0.4) is 0 Å². The van der Waals surface area contributed by atoms with Crippen LogP contribution in [-0.4, -0.2) is 29.9 Å². The lowest BCUT2D eigenvalue weighted by atomic mass is 10.2. The molecule has 4 aromatic rings. The Morgan fingerprint density at radius 2 is 2.00 bits per heavy atom. The number of rotatable bonds is 3. The zero-order valence-electron chi connectivity index (χ0n) is 13.3. The van der Waals surface area contributed by atoms with Crippen molar-refractivity contribution < 1.29 is 0 Å². The molecule has 0 saturated heterocycles. The summed E-state index contributed by atoms with van der Waals surface area (Å²) in [4.78, 5) is 13.1. The molecule has 0 bridgehead atoms. The molecule has 0 atom stereocenters. The number of hydrogen-bond acceptors (Lipinski definition) is 6. The van der Waals surface area contributed by atoms with Crippen LogP contribution in [0.25, 0.3) is 22.4 Å². The van der Waals surface area contributed by atoms with Crippen LogP contribution in [0.5, 0.6) is 0 Å². The molecule has 3 heterocycles. The molecule has 0 unspecified atom stereocenters. The van der Waals surface area contributed by atoms with Crippen LogP contribution >= 0.6 is 0 Å². The lowest BCUT2D eigenvalue weighted by molar-refractivity contribution is 0.736. The molecule has 0 aliphatic carbocycles. The summed E-state index contributed by atoms with van der Waals surface area (Å²) < 4.78 is 1.74. The molecule has 1 aromatic carbocycles. The van der Waals surface area contributed by atoms with Crippen LogP contribution < -0.4 is 5.32 Å². The minimum absolute atomic E-state index is 0.636. The Balaban J connectivity index is 1.65. The monoisotopic (exact) mass is 317 g/mol. The van der Waals surface area contributed by atoms with Gasteiger partial charge < -0.3 is 5.32 Å². The van der Waals surface area contributed by atoms with E-state index in [4.69, 9.17) is 0 Å². The highest BCUT2D eigenvalue weighted by atomic mass is 15.4. The van der Waals surface area contributed by atoms with Gasteiger partial charge in [0.1, 0.15) is 11.3 Å². The Bertz CT molecular complexity index is 1020. The summed E-state index contributed by atoms with van der Waals surface area (Å²) in [5.74, 6) is 1.35. The van der Waals surface area contributed by atoms with Gasteiger partial charge in [0, 0.05) is 36.9 Å². The number of pyridine rings is 1. The first-order chi connectivity index (χ1) is 11.7. The molecule has 7 nitrogen and oxygen atoms in total. The smallest absolute Gasteiger partial charge is 0.163 e. The van der Waals surface area contributed by atoms with Crippen LogP contribution in [0.1, 0.15) is 5.56 Å². The van der Waals surface area contributed by atoms with Crippen molar-refractivity contribution in [2.45, 2.75) is 6.92 Å². The largest absolute Gasteiger partial charge is 0.340 e. The van der Waals surface area contributed by atoms with Gasteiger partial charge in [-0.2, -0.15) is 0 Å². The molecule has 1 N–H and O–H groups in total. The number of aromatic nitrogens is 6. The van der Waals surface area contributed by atoms with Crippen LogP contribution in [0, 0.1) is 6.92 Å². The summed E-state index contributed by atoms with van der Waals surface area (Å²) in [5.41, 5.74) is 4.68. The minimum atomic E-state index is 0.636. The van der Waals surface area contributed by atoms with Crippen LogP contribution in [-0.2, 0) is 7.05 Å². The fourth-order valence-electron chi connectivity index (χ4n) is 2.51. The van der Waals surface area contributed by atoms with Gasteiger partial charge in [-0.3, -0.25) is 4.98 Å². The van der Waals surface area contributed by atoms with Crippen LogP contribution in [0.4, 0.5) is 11.5 Å². The number of nitrogens with zero attached hydrogens (tertiary/aromatic N) is 6. The second-order valence-corrected chi connectivity index (χ2v) is 5.56. The number of benzene rings is 1. The van der Waals surface area contributed by atoms with Crippen molar-refractivity contribution in [3.05, 3.63) is 54.5 Å².